The number of aliphatic hydroxyl groups is 1. The number of azide groups is 1. The normalized spacial score (nSPS) is 23.5. The number of aliphatic hydroxyl groups excluding tert-OH is 1. The van der Waals surface area contributed by atoms with Crippen LogP contribution in [0.1, 0.15) is 20.1 Å². The van der Waals surface area contributed by atoms with Crippen LogP contribution in [-0.2, 0) is 23.4 Å². The van der Waals surface area contributed by atoms with Gasteiger partial charge in [0.05, 0.1) is 33.3 Å². The number of rotatable bonds is 11. The number of hydrogen-bond acceptors (Lipinski definition) is 13. The number of carbonyl (C=O) groups excluding carboxylic acids is 1. The molecule has 1 saturated heterocycles. The van der Waals surface area contributed by atoms with E-state index in [1.807, 2.05) is 18.2 Å². The number of aromatic nitrogens is 4. The fourth-order valence-electron chi connectivity index (χ4n) is 4.94. The third-order valence-corrected chi connectivity index (χ3v) is 8.78. The van der Waals surface area contributed by atoms with Gasteiger partial charge in [0.1, 0.15) is 23.4 Å². The second-order valence-corrected chi connectivity index (χ2v) is 11.7. The van der Waals surface area contributed by atoms with Gasteiger partial charge in [-0.1, -0.05) is 41.5 Å². The Morgan fingerprint density at radius 3 is 2.77 bits per heavy atom. The number of carbonyl (C=O) groups is 1. The molecule has 0 aliphatic carbocycles. The first kappa shape index (κ1) is 30.9. The Bertz CT molecular complexity index is 1790. The van der Waals surface area contributed by atoms with Gasteiger partial charge >= 0.3 is 13.7 Å². The average Bonchev–Trinajstić information content (AvgIpc) is 3.53. The first-order valence-electron chi connectivity index (χ1n) is 13.2. The maximum Gasteiger partial charge on any atom is 0.459 e. The van der Waals surface area contributed by atoms with Crippen molar-refractivity contribution in [2.75, 3.05) is 26.6 Å². The van der Waals surface area contributed by atoms with Crippen molar-refractivity contribution in [2.24, 2.45) is 5.11 Å². The van der Waals surface area contributed by atoms with Crippen LogP contribution in [0, 0.1) is 0 Å². The van der Waals surface area contributed by atoms with Gasteiger partial charge in [0, 0.05) is 10.3 Å². The van der Waals surface area contributed by atoms with Gasteiger partial charge in [-0.3, -0.25) is 13.9 Å². The molecule has 0 saturated carbocycles. The first-order valence-corrected chi connectivity index (χ1v) is 14.8. The van der Waals surface area contributed by atoms with Crippen LogP contribution in [0.4, 0.5) is 5.95 Å². The number of esters is 1. The van der Waals surface area contributed by atoms with E-state index < -0.39 is 50.3 Å². The lowest BCUT2D eigenvalue weighted by Crippen LogP contribution is -2.43. The summed E-state index contributed by atoms with van der Waals surface area (Å²) in [6.45, 7) is 2.37. The molecule has 5 rings (SSSR count). The molecule has 1 fully saturated rings. The molecule has 1 aliphatic rings. The topological polar surface area (TPSA) is 231 Å². The fraction of sp³-hybridized carbons (Fsp3) is 0.385. The number of methoxy groups -OCH3 is 2. The van der Waals surface area contributed by atoms with Gasteiger partial charge in [0.15, 0.2) is 17.4 Å². The summed E-state index contributed by atoms with van der Waals surface area (Å²) in [5.41, 5.74) is 14.0. The number of nitrogens with zero attached hydrogens (tertiary/aromatic N) is 7. The van der Waals surface area contributed by atoms with Gasteiger partial charge in [0.2, 0.25) is 11.8 Å². The zero-order valence-electron chi connectivity index (χ0n) is 24.1. The minimum atomic E-state index is -4.36. The van der Waals surface area contributed by atoms with Gasteiger partial charge in [-0.05, 0) is 30.8 Å². The van der Waals surface area contributed by atoms with Crippen molar-refractivity contribution in [3.63, 3.8) is 0 Å². The van der Waals surface area contributed by atoms with Gasteiger partial charge < -0.3 is 29.6 Å². The number of nitrogens with two attached hydrogens (primary N) is 1. The molecule has 6 atom stereocenters. The second kappa shape index (κ2) is 12.2. The van der Waals surface area contributed by atoms with Crippen LogP contribution in [0.25, 0.3) is 32.4 Å². The first-order chi connectivity index (χ1) is 21.0. The van der Waals surface area contributed by atoms with Crippen LogP contribution in [0.5, 0.6) is 11.6 Å². The number of nitrogens with one attached hydrogen (secondary N) is 1. The molecular weight excluding hydrogens is 597 g/mol. The highest BCUT2D eigenvalue weighted by molar-refractivity contribution is 7.52. The average molecular weight is 628 g/mol. The SMILES string of the molecule is COC(=O)[C@H](C)NP(=O)(OC[C@H]1O[C@@H](n2cnc3c(OC)nc(N)nc32)[C@](C)(N=[N+]=[N-])[C@@H]1O)Oc1cccc2ccccc12. The number of ether oxygens (including phenoxy) is 3. The number of nitrogen functional groups attached to an aromatic ring is 1. The molecule has 18 heteroatoms. The van der Waals surface area contributed by atoms with Crippen molar-refractivity contribution in [1.29, 1.82) is 0 Å². The minimum Gasteiger partial charge on any atom is -0.479 e. The molecule has 44 heavy (non-hydrogen) atoms. The van der Waals surface area contributed by atoms with Crippen molar-refractivity contribution in [3.8, 4) is 11.6 Å². The van der Waals surface area contributed by atoms with Crippen LogP contribution in [-0.4, -0.2) is 75.2 Å². The van der Waals surface area contributed by atoms with E-state index in [9.17, 15) is 20.0 Å². The predicted molar refractivity (Wildman–Crippen MR) is 157 cm³/mol. The lowest BCUT2D eigenvalue weighted by atomic mass is 9.93. The fourth-order valence-corrected chi connectivity index (χ4v) is 6.46. The maximum absolute atomic E-state index is 14.2. The Labute approximate surface area is 250 Å². The summed E-state index contributed by atoms with van der Waals surface area (Å²) in [5, 5.41) is 19.2. The van der Waals surface area contributed by atoms with Crippen LogP contribution in [0.2, 0.25) is 0 Å². The van der Waals surface area contributed by atoms with E-state index in [0.717, 1.165) is 5.39 Å². The smallest absolute Gasteiger partial charge is 0.459 e. The highest BCUT2D eigenvalue weighted by Crippen LogP contribution is 2.49. The van der Waals surface area contributed by atoms with Crippen molar-refractivity contribution in [2.45, 2.75) is 43.9 Å². The largest absolute Gasteiger partial charge is 0.479 e. The van der Waals surface area contributed by atoms with Gasteiger partial charge in [-0.15, -0.1) is 0 Å². The number of hydrogen-bond donors (Lipinski definition) is 3. The number of imidazole rings is 1. The molecule has 4 N–H and O–H groups in total. The van der Waals surface area contributed by atoms with Crippen molar-refractivity contribution < 1.29 is 37.7 Å². The van der Waals surface area contributed by atoms with E-state index in [4.69, 9.17) is 29.0 Å². The molecule has 17 nitrogen and oxygen atoms in total. The summed E-state index contributed by atoms with van der Waals surface area (Å²) in [5.74, 6) is -0.506. The molecule has 3 heterocycles. The summed E-state index contributed by atoms with van der Waals surface area (Å²) >= 11 is 0. The molecule has 1 aliphatic heterocycles. The number of fused-ring (bicyclic) bond motifs is 2. The molecule has 0 radical (unpaired) electrons. The molecule has 232 valence electrons. The Balaban J connectivity index is 1.47. The Hall–Kier alpha value is -4.50. The van der Waals surface area contributed by atoms with Crippen LogP contribution < -0.4 is 20.1 Å². The third kappa shape index (κ3) is 5.71. The lowest BCUT2D eigenvalue weighted by Gasteiger charge is -2.28. The molecule has 2 aromatic carbocycles. The number of benzene rings is 2. The Kier molecular flexibility index (Phi) is 8.61. The van der Waals surface area contributed by atoms with E-state index in [-0.39, 0.29) is 28.7 Å². The molecule has 0 amide bonds. The van der Waals surface area contributed by atoms with Crippen LogP contribution >= 0.6 is 7.75 Å². The highest BCUT2D eigenvalue weighted by Gasteiger charge is 2.55. The standard InChI is InChI=1S/C26H30N9O8P/c1-14(23(37)40-4)32-44(38,43-17-11-7-9-15-8-5-6-10-16(15)17)41-12-18-20(36)26(2,33-34-28)24(42-18)35-13-29-19-21(35)30-25(27)31-22(19)39-3/h5-11,13-14,18,20,24,36H,12H2,1-4H3,(H,32,38)(H2,27,30,31)/t14-,18+,20+,24+,26+,44?/m0/s1. The number of anilines is 1. The van der Waals surface area contributed by atoms with E-state index in [1.165, 1.54) is 39.0 Å². The third-order valence-electron chi connectivity index (χ3n) is 7.15. The maximum atomic E-state index is 14.2. The van der Waals surface area contributed by atoms with E-state index in [1.54, 1.807) is 24.3 Å². The van der Waals surface area contributed by atoms with Gasteiger partial charge in [-0.25, -0.2) is 9.55 Å². The molecule has 0 spiro atoms. The molecule has 2 aromatic heterocycles. The summed E-state index contributed by atoms with van der Waals surface area (Å²) in [4.78, 5) is 27.6. The Morgan fingerprint density at radius 2 is 2.05 bits per heavy atom. The van der Waals surface area contributed by atoms with Crippen LogP contribution in [0.15, 0.2) is 53.9 Å². The zero-order chi connectivity index (χ0) is 31.6. The summed E-state index contributed by atoms with van der Waals surface area (Å²) in [6.07, 6.45) is -2.52. The monoisotopic (exact) mass is 627 g/mol. The van der Waals surface area contributed by atoms with Gasteiger partial charge in [-0.2, -0.15) is 15.1 Å². The van der Waals surface area contributed by atoms with E-state index in [0.29, 0.717) is 5.39 Å². The zero-order valence-corrected chi connectivity index (χ0v) is 25.0. The minimum absolute atomic E-state index is 0.104. The predicted octanol–water partition coefficient (Wildman–Crippen LogP) is 3.25. The Morgan fingerprint density at radius 1 is 1.30 bits per heavy atom. The molecule has 1 unspecified atom stereocenters. The van der Waals surface area contributed by atoms with Gasteiger partial charge in [0.25, 0.3) is 0 Å². The molecule has 4 aromatic rings. The lowest BCUT2D eigenvalue weighted by molar-refractivity contribution is -0.142. The molecule has 0 bridgehead atoms. The van der Waals surface area contributed by atoms with E-state index >= 15 is 0 Å². The molecular formula is C26H30N9O8P. The van der Waals surface area contributed by atoms with Crippen LogP contribution in [0.3, 0.4) is 0 Å². The van der Waals surface area contributed by atoms with Crippen molar-refractivity contribution in [3.05, 3.63) is 59.2 Å². The quantitative estimate of drug-likeness (QED) is 0.0713. The van der Waals surface area contributed by atoms with Crippen molar-refractivity contribution in [1.82, 2.24) is 24.6 Å². The summed E-state index contributed by atoms with van der Waals surface area (Å²) < 4.78 is 43.4. The second-order valence-electron chi connectivity index (χ2n) is 10.0. The summed E-state index contributed by atoms with van der Waals surface area (Å²) in [7, 11) is -1.78. The summed E-state index contributed by atoms with van der Waals surface area (Å²) in [6, 6.07) is 11.3. The van der Waals surface area contributed by atoms with E-state index in [2.05, 4.69) is 30.1 Å². The highest BCUT2D eigenvalue weighted by atomic mass is 31.2. The van der Waals surface area contributed by atoms with Crippen molar-refractivity contribution >= 4 is 41.6 Å².